The highest BCUT2D eigenvalue weighted by Crippen LogP contribution is 2.40. The maximum absolute atomic E-state index is 12.2. The van der Waals surface area contributed by atoms with Gasteiger partial charge in [-0.2, -0.15) is 34.8 Å². The van der Waals surface area contributed by atoms with Crippen LogP contribution in [-0.4, -0.2) is 25.7 Å². The van der Waals surface area contributed by atoms with Gasteiger partial charge in [0, 0.05) is 5.90 Å². The van der Waals surface area contributed by atoms with Crippen molar-refractivity contribution in [2.45, 2.75) is 11.4 Å². The first-order valence-corrected chi connectivity index (χ1v) is 4.48. The van der Waals surface area contributed by atoms with Crippen LogP contribution in [0.3, 0.4) is 0 Å². The molecule has 0 heterocycles. The number of nitrogens with zero attached hydrogens (tertiary/aromatic N) is 1. The van der Waals surface area contributed by atoms with Crippen LogP contribution in [0.25, 0.3) is 0 Å². The summed E-state index contributed by atoms with van der Waals surface area (Å²) in [7, 11) is -6.28. The molecule has 4 nitrogen and oxygen atoms in total. The van der Waals surface area contributed by atoms with Gasteiger partial charge in [0.15, 0.2) is 0 Å². The molecule has 0 fully saturated rings. The Hall–Kier alpha value is -1.19. The van der Waals surface area contributed by atoms with Gasteiger partial charge >= 0.3 is 21.5 Å². The first-order chi connectivity index (χ1) is 6.45. The molecule has 0 saturated carbocycles. The number of hydrogen-bond acceptors (Lipinski definition) is 3. The van der Waals surface area contributed by atoms with Crippen LogP contribution in [-0.2, 0) is 10.0 Å². The van der Waals surface area contributed by atoms with Crippen molar-refractivity contribution >= 4 is 15.9 Å². The summed E-state index contributed by atoms with van der Waals surface area (Å²) >= 11 is 0. The van der Waals surface area contributed by atoms with Crippen LogP contribution in [0, 0.1) is 0 Å². The molecule has 0 rings (SSSR count). The standard InChI is InChI=1S/C5H4F5NO3S/c1-2-3(12)11-15(13,14)5(9,10)4(6,7)8/h2H,1H2,(H,11,12)/p-1. The highest BCUT2D eigenvalue weighted by molar-refractivity contribution is 7.91. The molecule has 0 aliphatic heterocycles. The largest absolute Gasteiger partial charge is 0.858 e. The third kappa shape index (κ3) is 2.64. The van der Waals surface area contributed by atoms with Crippen molar-refractivity contribution in [1.29, 1.82) is 0 Å². The normalized spacial score (nSPS) is 15.1. The molecule has 0 bridgehead atoms. The Bertz CT molecular complexity index is 382. The molecule has 0 aliphatic rings. The predicted molar refractivity (Wildman–Crippen MR) is 37.6 cm³/mol. The SMILES string of the molecule is C=C/C([O-])=N/S(=O)(=O)C(F)(F)C(F)(F)F. The molecule has 0 saturated heterocycles. The Morgan fingerprint density at radius 3 is 1.93 bits per heavy atom. The van der Waals surface area contributed by atoms with E-state index in [1.165, 1.54) is 0 Å². The summed E-state index contributed by atoms with van der Waals surface area (Å²) in [5.41, 5.74) is 0. The van der Waals surface area contributed by atoms with Crippen molar-refractivity contribution in [2.24, 2.45) is 4.40 Å². The molecule has 0 aliphatic carbocycles. The Balaban J connectivity index is 5.51. The smallest absolute Gasteiger partial charge is 0.471 e. The van der Waals surface area contributed by atoms with Gasteiger partial charge in [0.1, 0.15) is 0 Å². The quantitative estimate of drug-likeness (QED) is 0.415. The molecule has 0 radical (unpaired) electrons. The van der Waals surface area contributed by atoms with E-state index in [1.54, 1.807) is 4.40 Å². The Labute approximate surface area is 80.8 Å². The molecular formula is C5H3F5NO3S-. The Kier molecular flexibility index (Phi) is 3.46. The van der Waals surface area contributed by atoms with E-state index in [0.29, 0.717) is 0 Å². The first-order valence-electron chi connectivity index (χ1n) is 3.04. The molecule has 0 atom stereocenters. The van der Waals surface area contributed by atoms with Crippen LogP contribution in [0.15, 0.2) is 17.1 Å². The number of alkyl halides is 5. The summed E-state index contributed by atoms with van der Waals surface area (Å²) in [6.07, 6.45) is -6.15. The van der Waals surface area contributed by atoms with Crippen LogP contribution in [0.4, 0.5) is 22.0 Å². The number of rotatable bonds is 3. The van der Waals surface area contributed by atoms with Crippen molar-refractivity contribution in [3.8, 4) is 0 Å². The lowest BCUT2D eigenvalue weighted by Gasteiger charge is -2.17. The van der Waals surface area contributed by atoms with Gasteiger partial charge in [0.25, 0.3) is 0 Å². The van der Waals surface area contributed by atoms with Crippen LogP contribution in [0.1, 0.15) is 0 Å². The topological polar surface area (TPSA) is 69.6 Å². The molecule has 0 amide bonds. The number of sulfonamides is 1. The van der Waals surface area contributed by atoms with Gasteiger partial charge in [0.2, 0.25) is 0 Å². The fourth-order valence-corrected chi connectivity index (χ4v) is 1.08. The molecule has 0 aromatic rings. The zero-order valence-corrected chi connectivity index (χ0v) is 7.57. The molecular weight excluding hydrogens is 249 g/mol. The number of halogens is 5. The summed E-state index contributed by atoms with van der Waals surface area (Å²) < 4.78 is 81.5. The second-order valence-corrected chi connectivity index (χ2v) is 3.77. The molecule has 0 N–H and O–H groups in total. The van der Waals surface area contributed by atoms with E-state index in [-0.39, 0.29) is 6.08 Å². The highest BCUT2D eigenvalue weighted by Gasteiger charge is 2.67. The first kappa shape index (κ1) is 13.8. The van der Waals surface area contributed by atoms with E-state index in [9.17, 15) is 35.5 Å². The van der Waals surface area contributed by atoms with E-state index in [1.807, 2.05) is 0 Å². The average molecular weight is 252 g/mol. The van der Waals surface area contributed by atoms with Gasteiger partial charge in [-0.05, 0) is 0 Å². The highest BCUT2D eigenvalue weighted by atomic mass is 32.2. The monoisotopic (exact) mass is 252 g/mol. The molecule has 0 unspecified atom stereocenters. The van der Waals surface area contributed by atoms with Crippen molar-refractivity contribution in [1.82, 2.24) is 0 Å². The second kappa shape index (κ2) is 3.76. The summed E-state index contributed by atoms with van der Waals surface area (Å²) in [4.78, 5) is 0. The maximum atomic E-state index is 12.2. The van der Waals surface area contributed by atoms with Gasteiger partial charge in [-0.25, -0.2) is 0 Å². The lowest BCUT2D eigenvalue weighted by Crippen LogP contribution is -2.43. The summed E-state index contributed by atoms with van der Waals surface area (Å²) in [5, 5.41) is 4.14. The fourth-order valence-electron chi connectivity index (χ4n) is 0.359. The van der Waals surface area contributed by atoms with Crippen molar-refractivity contribution in [3.63, 3.8) is 0 Å². The molecule has 15 heavy (non-hydrogen) atoms. The van der Waals surface area contributed by atoms with E-state index in [2.05, 4.69) is 6.58 Å². The summed E-state index contributed by atoms with van der Waals surface area (Å²) in [5.74, 6) is -1.81. The van der Waals surface area contributed by atoms with Gasteiger partial charge < -0.3 is 5.11 Å². The molecule has 88 valence electrons. The predicted octanol–water partition coefficient (Wildman–Crippen LogP) is 0.416. The van der Waals surface area contributed by atoms with Crippen LogP contribution < -0.4 is 5.11 Å². The van der Waals surface area contributed by atoms with E-state index < -0.39 is 27.4 Å². The zero-order chi connectivity index (χ0) is 12.5. The van der Waals surface area contributed by atoms with E-state index >= 15 is 0 Å². The van der Waals surface area contributed by atoms with E-state index in [4.69, 9.17) is 0 Å². The van der Waals surface area contributed by atoms with Crippen LogP contribution in [0.5, 0.6) is 0 Å². The lowest BCUT2D eigenvalue weighted by molar-refractivity contribution is -0.241. The molecule has 0 spiro atoms. The van der Waals surface area contributed by atoms with Gasteiger partial charge in [-0.1, -0.05) is 12.7 Å². The molecule has 0 aromatic carbocycles. The molecule has 0 aromatic heterocycles. The molecule has 10 heteroatoms. The minimum atomic E-state index is -6.34. The Morgan fingerprint density at radius 2 is 1.67 bits per heavy atom. The lowest BCUT2D eigenvalue weighted by atomic mass is 10.7. The minimum absolute atomic E-state index is 0.185. The van der Waals surface area contributed by atoms with Gasteiger partial charge in [-0.3, -0.25) is 0 Å². The summed E-state index contributed by atoms with van der Waals surface area (Å²) in [6, 6.07) is 0. The van der Waals surface area contributed by atoms with Crippen molar-refractivity contribution in [3.05, 3.63) is 12.7 Å². The van der Waals surface area contributed by atoms with Crippen molar-refractivity contribution in [2.75, 3.05) is 0 Å². The zero-order valence-electron chi connectivity index (χ0n) is 6.75. The van der Waals surface area contributed by atoms with Crippen LogP contribution in [0.2, 0.25) is 0 Å². The third-order valence-electron chi connectivity index (χ3n) is 1.04. The van der Waals surface area contributed by atoms with Gasteiger partial charge in [-0.15, -0.1) is 0 Å². The van der Waals surface area contributed by atoms with Gasteiger partial charge in [0.05, 0.1) is 0 Å². The minimum Gasteiger partial charge on any atom is -0.858 e. The van der Waals surface area contributed by atoms with Crippen molar-refractivity contribution < 1.29 is 35.5 Å². The van der Waals surface area contributed by atoms with Crippen LogP contribution >= 0.6 is 0 Å². The third-order valence-corrected chi connectivity index (χ3v) is 2.34. The number of hydrogen-bond donors (Lipinski definition) is 0. The van der Waals surface area contributed by atoms with E-state index in [0.717, 1.165) is 0 Å². The maximum Gasteiger partial charge on any atom is 0.471 e. The average Bonchev–Trinajstić information content (AvgIpc) is 2.00. The Morgan fingerprint density at radius 1 is 1.27 bits per heavy atom. The summed E-state index contributed by atoms with van der Waals surface area (Å²) in [6.45, 7) is 2.66. The second-order valence-electron chi connectivity index (χ2n) is 2.12. The fraction of sp³-hybridized carbons (Fsp3) is 0.400.